The third kappa shape index (κ3) is 3.43. The van der Waals surface area contributed by atoms with Crippen LogP contribution in [0.1, 0.15) is 5.56 Å². The first-order valence-corrected chi connectivity index (χ1v) is 7.15. The van der Waals surface area contributed by atoms with E-state index in [0.717, 1.165) is 5.82 Å². The van der Waals surface area contributed by atoms with Crippen LogP contribution in [-0.2, 0) is 0 Å². The van der Waals surface area contributed by atoms with E-state index in [1.165, 1.54) is 11.3 Å². The number of thiazole rings is 1. The van der Waals surface area contributed by atoms with Gasteiger partial charge in [-0.05, 0) is 24.3 Å². The molecular weight excluding hydrogens is 284 g/mol. The van der Waals surface area contributed by atoms with E-state index in [2.05, 4.69) is 20.3 Å². The lowest BCUT2D eigenvalue weighted by Crippen LogP contribution is -1.91. The van der Waals surface area contributed by atoms with Crippen LogP contribution in [0.4, 0.5) is 16.8 Å². The van der Waals surface area contributed by atoms with E-state index in [9.17, 15) is 5.11 Å². The van der Waals surface area contributed by atoms with Crippen LogP contribution in [0.25, 0.3) is 0 Å². The largest absolute Gasteiger partial charge is 0.507 e. The quantitative estimate of drug-likeness (QED) is 0.720. The zero-order valence-electron chi connectivity index (χ0n) is 11.0. The molecule has 0 saturated heterocycles. The van der Waals surface area contributed by atoms with Crippen LogP contribution in [0.3, 0.4) is 0 Å². The van der Waals surface area contributed by atoms with E-state index >= 15 is 0 Å². The monoisotopic (exact) mass is 296 g/mol. The maximum atomic E-state index is 9.66. The smallest absolute Gasteiger partial charge is 0.211 e. The summed E-state index contributed by atoms with van der Waals surface area (Å²) in [7, 11) is 0. The van der Waals surface area contributed by atoms with Crippen molar-refractivity contribution < 1.29 is 5.11 Å². The fraction of sp³-hybridized carbons (Fsp3) is 0. The molecule has 2 aromatic heterocycles. The Labute approximate surface area is 125 Å². The first kappa shape index (κ1) is 13.3. The number of nitrogens with one attached hydrogen (secondary N) is 1. The molecule has 0 radical (unpaired) electrons. The minimum atomic E-state index is 0.199. The second-order valence-electron chi connectivity index (χ2n) is 4.17. The van der Waals surface area contributed by atoms with Gasteiger partial charge in [0.25, 0.3) is 0 Å². The lowest BCUT2D eigenvalue weighted by Gasteiger charge is -1.99. The van der Waals surface area contributed by atoms with E-state index in [1.54, 1.807) is 30.6 Å². The molecule has 1 aromatic carbocycles. The number of aromatic hydroxyl groups is 1. The normalized spacial score (nSPS) is 10.9. The number of benzene rings is 1. The molecule has 0 spiro atoms. The Morgan fingerprint density at radius 2 is 1.95 bits per heavy atom. The van der Waals surface area contributed by atoms with Gasteiger partial charge in [0.05, 0.1) is 0 Å². The molecule has 0 fully saturated rings. The highest BCUT2D eigenvalue weighted by Crippen LogP contribution is 2.24. The number of hydrogen-bond donors (Lipinski definition) is 2. The van der Waals surface area contributed by atoms with Gasteiger partial charge in [0.2, 0.25) is 5.13 Å². The summed E-state index contributed by atoms with van der Waals surface area (Å²) in [6, 6.07) is 12.6. The van der Waals surface area contributed by atoms with Gasteiger partial charge >= 0.3 is 0 Å². The summed E-state index contributed by atoms with van der Waals surface area (Å²) in [6.45, 7) is 0. The topological polar surface area (TPSA) is 70.4 Å². The highest BCUT2D eigenvalue weighted by Gasteiger charge is 2.02. The minimum Gasteiger partial charge on any atom is -0.507 e. The molecular formula is C15H12N4OS. The molecule has 3 aromatic rings. The van der Waals surface area contributed by atoms with E-state index in [0.29, 0.717) is 16.5 Å². The number of nitrogens with zero attached hydrogens (tertiary/aromatic N) is 3. The number of aromatic nitrogens is 2. The first-order valence-electron chi connectivity index (χ1n) is 6.27. The molecule has 21 heavy (non-hydrogen) atoms. The lowest BCUT2D eigenvalue weighted by molar-refractivity contribution is 0.474. The Morgan fingerprint density at radius 1 is 1.10 bits per heavy atom. The van der Waals surface area contributed by atoms with Crippen molar-refractivity contribution in [3.8, 4) is 5.75 Å². The Bertz CT molecular complexity index is 755. The molecule has 0 atom stereocenters. The SMILES string of the molecule is Oc1ccccc1/C=N/c1nc(Nc2ccccn2)cs1. The number of hydrogen-bond acceptors (Lipinski definition) is 6. The molecule has 0 aliphatic rings. The van der Waals surface area contributed by atoms with Gasteiger partial charge in [-0.1, -0.05) is 18.2 Å². The van der Waals surface area contributed by atoms with E-state index in [4.69, 9.17) is 0 Å². The highest BCUT2D eigenvalue weighted by molar-refractivity contribution is 7.13. The molecule has 2 N–H and O–H groups in total. The summed E-state index contributed by atoms with van der Waals surface area (Å²) >= 11 is 1.41. The number of phenols is 1. The van der Waals surface area contributed by atoms with E-state index in [1.807, 2.05) is 29.6 Å². The van der Waals surface area contributed by atoms with Crippen LogP contribution in [-0.4, -0.2) is 21.3 Å². The summed E-state index contributed by atoms with van der Waals surface area (Å²) in [5.74, 6) is 1.63. The zero-order chi connectivity index (χ0) is 14.5. The molecule has 0 bridgehead atoms. The third-order valence-corrected chi connectivity index (χ3v) is 3.41. The predicted molar refractivity (Wildman–Crippen MR) is 85.0 cm³/mol. The number of para-hydroxylation sites is 1. The van der Waals surface area contributed by atoms with Crippen LogP contribution in [0.5, 0.6) is 5.75 Å². The number of pyridine rings is 1. The number of phenolic OH excluding ortho intramolecular Hbond substituents is 1. The van der Waals surface area contributed by atoms with Crippen molar-refractivity contribution in [2.75, 3.05) is 5.32 Å². The van der Waals surface area contributed by atoms with Crippen molar-refractivity contribution in [1.82, 2.24) is 9.97 Å². The van der Waals surface area contributed by atoms with Crippen molar-refractivity contribution in [3.63, 3.8) is 0 Å². The molecule has 2 heterocycles. The molecule has 0 aliphatic carbocycles. The van der Waals surface area contributed by atoms with Gasteiger partial charge in [-0.15, -0.1) is 11.3 Å². The van der Waals surface area contributed by atoms with Gasteiger partial charge in [-0.3, -0.25) is 0 Å². The molecule has 0 aliphatic heterocycles. The molecule has 6 heteroatoms. The highest BCUT2D eigenvalue weighted by atomic mass is 32.1. The summed E-state index contributed by atoms with van der Waals surface area (Å²) in [4.78, 5) is 12.8. The minimum absolute atomic E-state index is 0.199. The number of aliphatic imine (C=N–C) groups is 1. The maximum Gasteiger partial charge on any atom is 0.211 e. The van der Waals surface area contributed by atoms with Crippen molar-refractivity contribution in [3.05, 3.63) is 59.6 Å². The van der Waals surface area contributed by atoms with Crippen LogP contribution >= 0.6 is 11.3 Å². The first-order chi connectivity index (χ1) is 10.3. The van der Waals surface area contributed by atoms with Crippen molar-refractivity contribution in [2.24, 2.45) is 4.99 Å². The summed E-state index contributed by atoms with van der Waals surface area (Å²) in [6.07, 6.45) is 3.31. The Kier molecular flexibility index (Phi) is 3.88. The fourth-order valence-corrected chi connectivity index (χ4v) is 2.26. The molecule has 3 rings (SSSR count). The summed E-state index contributed by atoms with van der Waals surface area (Å²) < 4.78 is 0. The van der Waals surface area contributed by atoms with Gasteiger partial charge in [0.1, 0.15) is 17.4 Å². The Hall–Kier alpha value is -2.73. The van der Waals surface area contributed by atoms with E-state index in [-0.39, 0.29) is 5.75 Å². The zero-order valence-corrected chi connectivity index (χ0v) is 11.8. The van der Waals surface area contributed by atoms with Crippen molar-refractivity contribution in [2.45, 2.75) is 0 Å². The average molecular weight is 296 g/mol. The molecule has 104 valence electrons. The van der Waals surface area contributed by atoms with Gasteiger partial charge in [0, 0.05) is 23.4 Å². The van der Waals surface area contributed by atoms with E-state index < -0.39 is 0 Å². The van der Waals surface area contributed by atoms with Crippen LogP contribution < -0.4 is 5.32 Å². The second-order valence-corrected chi connectivity index (χ2v) is 5.01. The Balaban J connectivity index is 1.72. The fourth-order valence-electron chi connectivity index (χ4n) is 1.67. The summed E-state index contributed by atoms with van der Waals surface area (Å²) in [5.41, 5.74) is 0.659. The van der Waals surface area contributed by atoms with Gasteiger partial charge in [-0.2, -0.15) is 0 Å². The maximum absolute atomic E-state index is 9.66. The third-order valence-electron chi connectivity index (χ3n) is 2.66. The van der Waals surface area contributed by atoms with Crippen LogP contribution in [0, 0.1) is 0 Å². The van der Waals surface area contributed by atoms with Crippen LogP contribution in [0.15, 0.2) is 59.0 Å². The lowest BCUT2D eigenvalue weighted by atomic mass is 10.2. The predicted octanol–water partition coefficient (Wildman–Crippen LogP) is 3.74. The molecule has 0 unspecified atom stereocenters. The number of anilines is 2. The standard InChI is InChI=1S/C15H12N4OS/c20-12-6-2-1-5-11(12)9-17-15-19-14(10-21-15)18-13-7-3-4-8-16-13/h1-10,20H,(H,16,18)/b17-9+. The van der Waals surface area contributed by atoms with Gasteiger partial charge in [0.15, 0.2) is 0 Å². The van der Waals surface area contributed by atoms with Gasteiger partial charge < -0.3 is 10.4 Å². The molecule has 0 saturated carbocycles. The molecule has 5 nitrogen and oxygen atoms in total. The van der Waals surface area contributed by atoms with Gasteiger partial charge in [-0.25, -0.2) is 15.0 Å². The van der Waals surface area contributed by atoms with Crippen molar-refractivity contribution >= 4 is 34.3 Å². The Morgan fingerprint density at radius 3 is 2.76 bits per heavy atom. The summed E-state index contributed by atoms with van der Waals surface area (Å²) in [5, 5.41) is 15.2. The van der Waals surface area contributed by atoms with Crippen molar-refractivity contribution in [1.29, 1.82) is 0 Å². The molecule has 0 amide bonds. The second kappa shape index (κ2) is 6.15. The number of rotatable bonds is 4. The van der Waals surface area contributed by atoms with Crippen LogP contribution in [0.2, 0.25) is 0 Å². The average Bonchev–Trinajstić information content (AvgIpc) is 2.95.